The average molecular weight is 249 g/mol. The van der Waals surface area contributed by atoms with Gasteiger partial charge in [0.25, 0.3) is 0 Å². The van der Waals surface area contributed by atoms with Crippen molar-refractivity contribution < 1.29 is 27.8 Å². The first-order valence-electron chi connectivity index (χ1n) is 4.58. The van der Waals surface area contributed by atoms with Gasteiger partial charge in [0, 0.05) is 19.2 Å². The number of aliphatic carboxylic acids is 1. The number of halogens is 3. The van der Waals surface area contributed by atoms with Crippen LogP contribution in [0, 0.1) is 17.5 Å². The molecule has 1 atom stereocenters. The minimum absolute atomic E-state index is 0.271. The predicted molar refractivity (Wildman–Crippen MR) is 53.2 cm³/mol. The summed E-state index contributed by atoms with van der Waals surface area (Å²) in [5.41, 5.74) is -0.563. The Morgan fingerprint density at radius 1 is 1.47 bits per heavy atom. The maximum atomic E-state index is 13.2. The van der Waals surface area contributed by atoms with Gasteiger partial charge in [-0.2, -0.15) is 0 Å². The first-order chi connectivity index (χ1) is 7.95. The van der Waals surface area contributed by atoms with Gasteiger partial charge in [-0.1, -0.05) is 0 Å². The fourth-order valence-corrected chi connectivity index (χ4v) is 1.19. The van der Waals surface area contributed by atoms with Crippen molar-refractivity contribution in [1.29, 1.82) is 0 Å². The molecule has 1 rings (SSSR count). The fraction of sp³-hybridized carbons (Fsp3) is 0.300. The summed E-state index contributed by atoms with van der Waals surface area (Å²) in [5, 5.41) is 10.9. The Morgan fingerprint density at radius 3 is 2.65 bits per heavy atom. The van der Waals surface area contributed by atoms with Crippen LogP contribution in [0.5, 0.6) is 0 Å². The number of benzene rings is 1. The third-order valence-corrected chi connectivity index (χ3v) is 1.95. The Hall–Kier alpha value is -1.76. The summed E-state index contributed by atoms with van der Waals surface area (Å²) in [6, 6.07) is -0.257. The van der Waals surface area contributed by atoms with Crippen LogP contribution in [0.4, 0.5) is 18.9 Å². The molecular formula is C10H10F3NO3. The van der Waals surface area contributed by atoms with Crippen molar-refractivity contribution in [2.24, 2.45) is 0 Å². The van der Waals surface area contributed by atoms with Gasteiger partial charge in [0.2, 0.25) is 0 Å². The number of carboxylic acid groups (broad SMARTS) is 1. The lowest BCUT2D eigenvalue weighted by molar-refractivity contribution is -0.139. The quantitative estimate of drug-likeness (QED) is 0.778. The van der Waals surface area contributed by atoms with E-state index in [0.717, 1.165) is 0 Å². The van der Waals surface area contributed by atoms with Crippen LogP contribution in [0.1, 0.15) is 0 Å². The molecule has 2 N–H and O–H groups in total. The molecule has 0 spiro atoms. The van der Waals surface area contributed by atoms with Gasteiger partial charge in [-0.05, 0) is 0 Å². The van der Waals surface area contributed by atoms with E-state index in [9.17, 15) is 18.0 Å². The highest BCUT2D eigenvalue weighted by atomic mass is 19.2. The number of ether oxygens (including phenoxy) is 1. The van der Waals surface area contributed by atoms with Crippen molar-refractivity contribution in [2.75, 3.05) is 19.0 Å². The summed E-state index contributed by atoms with van der Waals surface area (Å²) in [4.78, 5) is 10.7. The van der Waals surface area contributed by atoms with Crippen molar-refractivity contribution in [3.63, 3.8) is 0 Å². The number of nitrogens with one attached hydrogen (secondary N) is 1. The Morgan fingerprint density at radius 2 is 2.12 bits per heavy atom. The molecule has 7 heteroatoms. The molecule has 0 saturated carbocycles. The molecule has 0 aliphatic heterocycles. The van der Waals surface area contributed by atoms with E-state index in [2.05, 4.69) is 10.1 Å². The second-order valence-corrected chi connectivity index (χ2v) is 3.24. The zero-order valence-electron chi connectivity index (χ0n) is 8.84. The van der Waals surface area contributed by atoms with Crippen LogP contribution in [0.3, 0.4) is 0 Å². The van der Waals surface area contributed by atoms with E-state index in [1.165, 1.54) is 7.11 Å². The first kappa shape index (κ1) is 13.3. The number of anilines is 1. The molecule has 0 bridgehead atoms. The largest absolute Gasteiger partial charge is 0.480 e. The molecule has 94 valence electrons. The van der Waals surface area contributed by atoms with Crippen LogP contribution >= 0.6 is 0 Å². The molecule has 1 aromatic rings. The fourth-order valence-electron chi connectivity index (χ4n) is 1.19. The van der Waals surface area contributed by atoms with Crippen molar-refractivity contribution >= 4 is 11.7 Å². The van der Waals surface area contributed by atoms with Crippen LogP contribution in [-0.2, 0) is 9.53 Å². The van der Waals surface area contributed by atoms with Crippen molar-refractivity contribution in [3.8, 4) is 0 Å². The van der Waals surface area contributed by atoms with Crippen LogP contribution in [0.15, 0.2) is 12.1 Å². The number of carboxylic acids is 1. The molecule has 1 unspecified atom stereocenters. The van der Waals surface area contributed by atoms with E-state index < -0.39 is 35.2 Å². The Bertz CT molecular complexity index is 426. The van der Waals surface area contributed by atoms with Crippen molar-refractivity contribution in [2.45, 2.75) is 6.04 Å². The summed E-state index contributed by atoms with van der Waals surface area (Å²) in [7, 11) is 1.25. The molecule has 4 nitrogen and oxygen atoms in total. The van der Waals surface area contributed by atoms with Gasteiger partial charge in [-0.15, -0.1) is 0 Å². The lowest BCUT2D eigenvalue weighted by Crippen LogP contribution is -2.34. The van der Waals surface area contributed by atoms with Gasteiger partial charge < -0.3 is 15.2 Å². The van der Waals surface area contributed by atoms with Gasteiger partial charge in [-0.3, -0.25) is 0 Å². The zero-order chi connectivity index (χ0) is 13.0. The number of hydrogen-bond donors (Lipinski definition) is 2. The van der Waals surface area contributed by atoms with Gasteiger partial charge in [0.1, 0.15) is 11.9 Å². The minimum atomic E-state index is -1.39. The molecule has 17 heavy (non-hydrogen) atoms. The summed E-state index contributed by atoms with van der Waals surface area (Å²) in [6.45, 7) is -0.271. The van der Waals surface area contributed by atoms with Crippen LogP contribution in [-0.4, -0.2) is 30.8 Å². The molecule has 0 fully saturated rings. The SMILES string of the molecule is COCC(Nc1cc(F)cc(F)c1F)C(=O)O. The second-order valence-electron chi connectivity index (χ2n) is 3.24. The molecule has 0 aromatic heterocycles. The first-order valence-corrected chi connectivity index (χ1v) is 4.58. The third kappa shape index (κ3) is 3.35. The van der Waals surface area contributed by atoms with E-state index in [-0.39, 0.29) is 6.61 Å². The molecule has 0 aliphatic rings. The standard InChI is InChI=1S/C10H10F3NO3/c1-17-4-8(10(15)16)14-7-3-5(11)2-6(12)9(7)13/h2-3,8,14H,4H2,1H3,(H,15,16). The average Bonchev–Trinajstić information content (AvgIpc) is 2.24. The van der Waals surface area contributed by atoms with E-state index in [0.29, 0.717) is 12.1 Å². The molecule has 0 radical (unpaired) electrons. The second kappa shape index (κ2) is 5.53. The smallest absolute Gasteiger partial charge is 0.328 e. The van der Waals surface area contributed by atoms with Gasteiger partial charge in [0.05, 0.1) is 12.3 Å². The normalized spacial score (nSPS) is 12.2. The van der Waals surface area contributed by atoms with Gasteiger partial charge >= 0.3 is 5.97 Å². The number of rotatable bonds is 5. The Balaban J connectivity index is 2.96. The minimum Gasteiger partial charge on any atom is -0.480 e. The van der Waals surface area contributed by atoms with Crippen LogP contribution < -0.4 is 5.32 Å². The third-order valence-electron chi connectivity index (χ3n) is 1.95. The van der Waals surface area contributed by atoms with Crippen LogP contribution in [0.2, 0.25) is 0 Å². The van der Waals surface area contributed by atoms with Crippen molar-refractivity contribution in [3.05, 3.63) is 29.6 Å². The number of methoxy groups -OCH3 is 1. The molecule has 0 saturated heterocycles. The Labute approximate surface area is 95.0 Å². The lowest BCUT2D eigenvalue weighted by Gasteiger charge is -2.15. The zero-order valence-corrected chi connectivity index (χ0v) is 8.84. The summed E-state index contributed by atoms with van der Waals surface area (Å²) in [5.74, 6) is -5.06. The van der Waals surface area contributed by atoms with Crippen LogP contribution in [0.25, 0.3) is 0 Å². The van der Waals surface area contributed by atoms with Crippen molar-refractivity contribution in [1.82, 2.24) is 0 Å². The summed E-state index contributed by atoms with van der Waals surface area (Å²) in [6.07, 6.45) is 0. The van der Waals surface area contributed by atoms with E-state index in [4.69, 9.17) is 5.11 Å². The van der Waals surface area contributed by atoms with E-state index in [1.54, 1.807) is 0 Å². The highest BCUT2D eigenvalue weighted by Gasteiger charge is 2.20. The number of hydrogen-bond acceptors (Lipinski definition) is 3. The molecule has 0 aliphatic carbocycles. The molecular weight excluding hydrogens is 239 g/mol. The predicted octanol–water partition coefficient (Wildman–Crippen LogP) is 1.62. The number of carbonyl (C=O) groups is 1. The van der Waals surface area contributed by atoms with E-state index >= 15 is 0 Å². The topological polar surface area (TPSA) is 58.6 Å². The highest BCUT2D eigenvalue weighted by Crippen LogP contribution is 2.20. The van der Waals surface area contributed by atoms with Gasteiger partial charge in [-0.25, -0.2) is 18.0 Å². The maximum absolute atomic E-state index is 13.2. The highest BCUT2D eigenvalue weighted by molar-refractivity contribution is 5.77. The maximum Gasteiger partial charge on any atom is 0.328 e. The summed E-state index contributed by atoms with van der Waals surface area (Å²) < 4.78 is 43.5. The van der Waals surface area contributed by atoms with Gasteiger partial charge in [0.15, 0.2) is 11.6 Å². The Kier molecular flexibility index (Phi) is 4.33. The molecule has 0 heterocycles. The lowest BCUT2D eigenvalue weighted by atomic mass is 10.2. The van der Waals surface area contributed by atoms with E-state index in [1.807, 2.05) is 0 Å². The molecule has 0 amide bonds. The molecule has 1 aromatic carbocycles. The summed E-state index contributed by atoms with van der Waals surface area (Å²) >= 11 is 0. The monoisotopic (exact) mass is 249 g/mol.